The zero-order chi connectivity index (χ0) is 24.7. The lowest BCUT2D eigenvalue weighted by Crippen LogP contribution is -2.48. The number of benzene rings is 2. The molecule has 3 heterocycles. The predicted octanol–water partition coefficient (Wildman–Crippen LogP) is 5.57. The fourth-order valence-electron chi connectivity index (χ4n) is 4.53. The van der Waals surface area contributed by atoms with Crippen molar-refractivity contribution in [2.24, 2.45) is 5.92 Å². The first-order valence-electron chi connectivity index (χ1n) is 11.5. The van der Waals surface area contributed by atoms with Gasteiger partial charge in [0, 0.05) is 53.7 Å². The summed E-state index contributed by atoms with van der Waals surface area (Å²) in [5.74, 6) is 1.32. The summed E-state index contributed by atoms with van der Waals surface area (Å²) in [7, 11) is 0. The van der Waals surface area contributed by atoms with Crippen LogP contribution in [0.25, 0.3) is 16.6 Å². The maximum absolute atomic E-state index is 12.6. The van der Waals surface area contributed by atoms with Gasteiger partial charge in [-0.25, -0.2) is 9.50 Å². The third-order valence-electron chi connectivity index (χ3n) is 6.49. The topological polar surface area (TPSA) is 70.7 Å². The molecule has 5 rings (SSSR count). The number of aliphatic hydroxyl groups is 1. The maximum Gasteiger partial charge on any atom is 0.156 e. The number of ketones is 1. The number of fused-ring (bicyclic) bond motifs is 1. The van der Waals surface area contributed by atoms with Gasteiger partial charge in [0.1, 0.15) is 17.6 Å². The van der Waals surface area contributed by atoms with Crippen molar-refractivity contribution in [1.29, 1.82) is 0 Å². The second kappa shape index (κ2) is 9.26. The fourth-order valence-corrected chi connectivity index (χ4v) is 5.01. The zero-order valence-electron chi connectivity index (χ0n) is 19.6. The summed E-state index contributed by atoms with van der Waals surface area (Å²) in [6.45, 7) is 5.09. The molecule has 180 valence electrons. The van der Waals surface area contributed by atoms with Gasteiger partial charge in [0.25, 0.3) is 0 Å². The maximum atomic E-state index is 12.6. The highest BCUT2D eigenvalue weighted by atomic mass is 35.5. The number of hydrogen-bond donors (Lipinski definition) is 1. The first-order valence-corrected chi connectivity index (χ1v) is 12.3. The minimum Gasteiger partial charge on any atom is -0.386 e. The van der Waals surface area contributed by atoms with Gasteiger partial charge in [0.15, 0.2) is 5.82 Å². The van der Waals surface area contributed by atoms with Crippen molar-refractivity contribution in [3.8, 4) is 11.1 Å². The van der Waals surface area contributed by atoms with Crippen LogP contribution in [0.2, 0.25) is 10.0 Å². The second-order valence-corrected chi connectivity index (χ2v) is 10.5. The van der Waals surface area contributed by atoms with Gasteiger partial charge < -0.3 is 10.0 Å². The van der Waals surface area contributed by atoms with E-state index in [1.165, 1.54) is 0 Å². The summed E-state index contributed by atoms with van der Waals surface area (Å²) in [5, 5.41) is 15.7. The molecule has 1 N–H and O–H groups in total. The van der Waals surface area contributed by atoms with Crippen molar-refractivity contribution in [2.45, 2.75) is 32.3 Å². The van der Waals surface area contributed by atoms with Crippen LogP contribution in [-0.4, -0.2) is 38.6 Å². The predicted molar refractivity (Wildman–Crippen MR) is 139 cm³/mol. The summed E-state index contributed by atoms with van der Waals surface area (Å²) in [5.41, 5.74) is 3.80. The van der Waals surface area contributed by atoms with Crippen molar-refractivity contribution >= 4 is 40.3 Å². The lowest BCUT2D eigenvalue weighted by molar-refractivity contribution is -0.119. The fraction of sp³-hybridized carbons (Fsp3) is 0.296. The highest BCUT2D eigenvalue weighted by Crippen LogP contribution is 2.32. The lowest BCUT2D eigenvalue weighted by Gasteiger charge is -2.40. The second-order valence-electron chi connectivity index (χ2n) is 9.70. The van der Waals surface area contributed by atoms with Crippen molar-refractivity contribution in [2.75, 3.05) is 18.0 Å². The molecule has 2 aromatic heterocycles. The van der Waals surface area contributed by atoms with Crippen molar-refractivity contribution in [3.05, 3.63) is 82.2 Å². The summed E-state index contributed by atoms with van der Waals surface area (Å²) >= 11 is 12.2. The van der Waals surface area contributed by atoms with E-state index < -0.39 is 5.60 Å². The molecule has 2 aromatic carbocycles. The Balaban J connectivity index is 1.26. The molecule has 35 heavy (non-hydrogen) atoms. The number of carbonyl (C=O) groups excluding carboxylic acids is 1. The van der Waals surface area contributed by atoms with Crippen LogP contribution in [0.4, 0.5) is 5.82 Å². The summed E-state index contributed by atoms with van der Waals surface area (Å²) in [6.07, 6.45) is 4.37. The van der Waals surface area contributed by atoms with E-state index in [1.54, 1.807) is 32.3 Å². The molecule has 0 spiro atoms. The van der Waals surface area contributed by atoms with E-state index in [0.29, 0.717) is 22.9 Å². The molecule has 0 radical (unpaired) electrons. The van der Waals surface area contributed by atoms with Gasteiger partial charge in [-0.05, 0) is 48.7 Å². The largest absolute Gasteiger partial charge is 0.386 e. The molecule has 0 aliphatic carbocycles. The smallest absolute Gasteiger partial charge is 0.156 e. The Kier molecular flexibility index (Phi) is 6.30. The van der Waals surface area contributed by atoms with E-state index in [-0.39, 0.29) is 11.7 Å². The molecule has 6 nitrogen and oxygen atoms in total. The molecule has 1 aliphatic rings. The van der Waals surface area contributed by atoms with Crippen LogP contribution in [0.5, 0.6) is 0 Å². The Morgan fingerprint density at radius 1 is 1.09 bits per heavy atom. The van der Waals surface area contributed by atoms with Crippen molar-refractivity contribution in [3.63, 3.8) is 0 Å². The van der Waals surface area contributed by atoms with Gasteiger partial charge in [-0.15, -0.1) is 0 Å². The number of Topliss-reactive ketones (excluding diaryl/α,β-unsaturated/α-hetero) is 1. The number of halogens is 2. The van der Waals surface area contributed by atoms with E-state index >= 15 is 0 Å². The number of nitrogens with zero attached hydrogens (tertiary/aromatic N) is 4. The number of rotatable bonds is 7. The standard InChI is InChI=1S/C27H26Cl2N4O2/c1-27(2,35)21-6-3-18(4-7-21)20-11-25-26(30-16-31-33(25)15-20)32-13-17(14-32)9-23(34)10-19-5-8-22(28)12-24(19)29/h3-8,11-12,15-17,35H,9-10,13-14H2,1-2H3. The van der Waals surface area contributed by atoms with Gasteiger partial charge in [-0.3, -0.25) is 4.79 Å². The van der Waals surface area contributed by atoms with E-state index in [2.05, 4.69) is 21.0 Å². The van der Waals surface area contributed by atoms with Gasteiger partial charge in [-0.1, -0.05) is 53.5 Å². The quantitative estimate of drug-likeness (QED) is 0.353. The van der Waals surface area contributed by atoms with E-state index in [4.69, 9.17) is 23.2 Å². The van der Waals surface area contributed by atoms with Crippen molar-refractivity contribution < 1.29 is 9.90 Å². The number of aromatic nitrogens is 3. The SMILES string of the molecule is CC(C)(O)c1ccc(-c2cc3c(N4CC(CC(=O)Cc5ccc(Cl)cc5Cl)C4)ncnn3c2)cc1. The van der Waals surface area contributed by atoms with Crippen molar-refractivity contribution in [1.82, 2.24) is 14.6 Å². The molecule has 4 aromatic rings. The molecule has 0 saturated carbocycles. The first-order chi connectivity index (χ1) is 16.7. The Morgan fingerprint density at radius 3 is 2.51 bits per heavy atom. The highest BCUT2D eigenvalue weighted by Gasteiger charge is 2.31. The minimum absolute atomic E-state index is 0.172. The summed E-state index contributed by atoms with van der Waals surface area (Å²) < 4.78 is 1.84. The first kappa shape index (κ1) is 23.8. The van der Waals surface area contributed by atoms with E-state index in [9.17, 15) is 9.90 Å². The van der Waals surface area contributed by atoms with E-state index in [0.717, 1.165) is 46.7 Å². The monoisotopic (exact) mass is 508 g/mol. The Labute approximate surface area is 214 Å². The highest BCUT2D eigenvalue weighted by molar-refractivity contribution is 6.35. The molecular weight excluding hydrogens is 483 g/mol. The molecule has 0 bridgehead atoms. The van der Waals surface area contributed by atoms with Crippen LogP contribution in [0.15, 0.2) is 61.1 Å². The minimum atomic E-state index is -0.876. The number of carbonyl (C=O) groups is 1. The molecule has 8 heteroatoms. The van der Waals surface area contributed by atoms with Crippen LogP contribution >= 0.6 is 23.2 Å². The molecule has 1 fully saturated rings. The number of hydrogen-bond acceptors (Lipinski definition) is 5. The molecule has 0 atom stereocenters. The van der Waals surface area contributed by atoms with Gasteiger partial charge >= 0.3 is 0 Å². The molecular formula is C27H26Cl2N4O2. The van der Waals surface area contributed by atoms with Gasteiger partial charge in [0.05, 0.1) is 5.60 Å². The zero-order valence-corrected chi connectivity index (χ0v) is 21.1. The van der Waals surface area contributed by atoms with Gasteiger partial charge in [-0.2, -0.15) is 5.10 Å². The van der Waals surface area contributed by atoms with Crippen LogP contribution in [0, 0.1) is 5.92 Å². The van der Waals surface area contributed by atoms with Crippen LogP contribution in [-0.2, 0) is 16.8 Å². The van der Waals surface area contributed by atoms with Crippen LogP contribution in [0.3, 0.4) is 0 Å². The third-order valence-corrected chi connectivity index (χ3v) is 7.07. The summed E-state index contributed by atoms with van der Waals surface area (Å²) in [6, 6.07) is 15.2. The molecule has 1 aliphatic heterocycles. The average molecular weight is 509 g/mol. The molecule has 1 saturated heterocycles. The van der Waals surface area contributed by atoms with Gasteiger partial charge in [0.2, 0.25) is 0 Å². The lowest BCUT2D eigenvalue weighted by atomic mass is 9.92. The summed E-state index contributed by atoms with van der Waals surface area (Å²) in [4.78, 5) is 19.3. The third kappa shape index (κ3) is 5.06. The van der Waals surface area contributed by atoms with Crippen LogP contribution < -0.4 is 4.90 Å². The Bertz CT molecular complexity index is 1390. The Morgan fingerprint density at radius 2 is 1.83 bits per heavy atom. The molecule has 0 unspecified atom stereocenters. The average Bonchev–Trinajstić information content (AvgIpc) is 3.22. The normalized spacial score (nSPS) is 14.4. The number of anilines is 1. The Hall–Kier alpha value is -2.93. The van der Waals surface area contributed by atoms with E-state index in [1.807, 2.05) is 41.0 Å². The van der Waals surface area contributed by atoms with Crippen LogP contribution in [0.1, 0.15) is 31.4 Å². The molecule has 0 amide bonds.